The summed E-state index contributed by atoms with van der Waals surface area (Å²) in [5, 5.41) is 29.2. The Morgan fingerprint density at radius 3 is 2.55 bits per heavy atom. The molecule has 4 heterocycles. The Hall–Kier alpha value is -3.00. The van der Waals surface area contributed by atoms with Gasteiger partial charge in [0.05, 0.1) is 11.9 Å². The van der Waals surface area contributed by atoms with E-state index in [1.54, 1.807) is 12.3 Å². The normalized spacial score (nSPS) is 23.3. The van der Waals surface area contributed by atoms with Crippen LogP contribution in [0.2, 0.25) is 0 Å². The molecule has 0 spiro atoms. The van der Waals surface area contributed by atoms with E-state index in [1.165, 1.54) is 31.2 Å². The molecule has 3 atom stereocenters. The summed E-state index contributed by atoms with van der Waals surface area (Å²) in [6, 6.07) is 7.98. The van der Waals surface area contributed by atoms with E-state index in [0.717, 1.165) is 18.7 Å². The van der Waals surface area contributed by atoms with Gasteiger partial charge in [-0.05, 0) is 49.9 Å². The quantitative estimate of drug-likeness (QED) is 0.630. The molecule has 8 heteroatoms. The first-order valence-electron chi connectivity index (χ1n) is 9.93. The fourth-order valence-corrected chi connectivity index (χ4v) is 4.57. The van der Waals surface area contributed by atoms with E-state index in [9.17, 15) is 9.50 Å². The molecule has 0 aliphatic carbocycles. The lowest BCUT2D eigenvalue weighted by Crippen LogP contribution is -2.47. The van der Waals surface area contributed by atoms with Gasteiger partial charge in [-0.15, -0.1) is 10.2 Å². The Kier molecular flexibility index (Phi) is 4.43. The Labute approximate surface area is 168 Å². The summed E-state index contributed by atoms with van der Waals surface area (Å²) in [5.74, 6) is 0.287. The first-order valence-corrected chi connectivity index (χ1v) is 9.93. The van der Waals surface area contributed by atoms with Crippen molar-refractivity contribution in [3.05, 3.63) is 42.5 Å². The molecule has 1 aromatic carbocycles. The van der Waals surface area contributed by atoms with Crippen LogP contribution in [0.15, 0.2) is 36.7 Å². The second-order valence-electron chi connectivity index (χ2n) is 7.99. The lowest BCUT2D eigenvalue weighted by Gasteiger charge is -2.36. The first-order chi connectivity index (χ1) is 14.1. The maximum atomic E-state index is 14.6. The minimum absolute atomic E-state index is 0.0482. The number of piperidine rings is 1. The van der Waals surface area contributed by atoms with Crippen LogP contribution >= 0.6 is 0 Å². The maximum Gasteiger partial charge on any atom is 0.151 e. The van der Waals surface area contributed by atoms with E-state index in [0.29, 0.717) is 34.9 Å². The number of hydrogen-bond donors (Lipinski definition) is 3. The number of phenols is 1. The fourth-order valence-electron chi connectivity index (χ4n) is 4.57. The van der Waals surface area contributed by atoms with Crippen molar-refractivity contribution in [1.29, 1.82) is 0 Å². The van der Waals surface area contributed by atoms with Gasteiger partial charge in [-0.1, -0.05) is 0 Å². The lowest BCUT2D eigenvalue weighted by molar-refractivity contribution is 0.353. The van der Waals surface area contributed by atoms with Crippen molar-refractivity contribution in [3.63, 3.8) is 0 Å². The number of halogens is 1. The Morgan fingerprint density at radius 1 is 1.10 bits per heavy atom. The van der Waals surface area contributed by atoms with Gasteiger partial charge in [0.25, 0.3) is 0 Å². The van der Waals surface area contributed by atoms with Crippen molar-refractivity contribution in [2.24, 2.45) is 0 Å². The van der Waals surface area contributed by atoms with Crippen LogP contribution in [-0.4, -0.2) is 50.7 Å². The zero-order valence-electron chi connectivity index (χ0n) is 16.1. The number of nitrogens with one attached hydrogen (secondary N) is 2. The van der Waals surface area contributed by atoms with Gasteiger partial charge in [0, 0.05) is 48.1 Å². The number of aromatic nitrogens is 4. The van der Waals surface area contributed by atoms with Crippen molar-refractivity contribution in [1.82, 2.24) is 25.7 Å². The highest BCUT2D eigenvalue weighted by atomic mass is 19.1. The minimum atomic E-state index is -0.452. The lowest BCUT2D eigenvalue weighted by atomic mass is 9.98. The van der Waals surface area contributed by atoms with Gasteiger partial charge in [0.2, 0.25) is 0 Å². The van der Waals surface area contributed by atoms with E-state index < -0.39 is 5.82 Å². The van der Waals surface area contributed by atoms with Crippen LogP contribution in [0.4, 0.5) is 10.2 Å². The molecule has 0 amide bonds. The Balaban J connectivity index is 1.38. The van der Waals surface area contributed by atoms with Crippen LogP contribution in [0.1, 0.15) is 25.7 Å². The Bertz CT molecular complexity index is 995. The highest BCUT2D eigenvalue weighted by Crippen LogP contribution is 2.35. The number of phenolic OH excluding ortho intramolecular Hbond substituents is 1. The molecule has 150 valence electrons. The number of aromatic amines is 1. The number of hydrogen-bond acceptors (Lipinski definition) is 6. The third-order valence-corrected chi connectivity index (χ3v) is 6.18. The van der Waals surface area contributed by atoms with Crippen LogP contribution in [0.5, 0.6) is 5.75 Å². The molecule has 2 aromatic heterocycles. The summed E-state index contributed by atoms with van der Waals surface area (Å²) in [7, 11) is 2.05. The molecular weight excluding hydrogens is 371 g/mol. The molecular formula is C21H23FN6O. The largest absolute Gasteiger partial charge is 0.507 e. The molecule has 2 aliphatic heterocycles. The van der Waals surface area contributed by atoms with Gasteiger partial charge in [-0.3, -0.25) is 5.10 Å². The molecule has 0 saturated carbocycles. The molecule has 3 aromatic rings. The van der Waals surface area contributed by atoms with Gasteiger partial charge in [-0.2, -0.15) is 5.10 Å². The van der Waals surface area contributed by atoms with Crippen LogP contribution in [0.3, 0.4) is 0 Å². The number of nitrogens with zero attached hydrogens (tertiary/aromatic N) is 4. The van der Waals surface area contributed by atoms with Crippen molar-refractivity contribution in [2.45, 2.75) is 43.8 Å². The SMILES string of the molecule is CN(c1ccc(-c2cc(F)c(-c3cn[nH]c3)cc2O)nn1)C1C[C@H]2CC[C@@H](C1)N2. The number of H-pyrrole nitrogens is 1. The standard InChI is InChI=1S/C21H23FN6O/c1-28(15-6-13-2-3-14(7-15)25-13)21-5-4-19(26-27-21)17-8-18(22)16(9-20(17)29)12-10-23-24-11-12/h4-5,8-11,13-15,25,29H,2-3,6-7H2,1H3,(H,23,24)/t13-,14+,15?. The van der Waals surface area contributed by atoms with Gasteiger partial charge in [0.15, 0.2) is 5.82 Å². The second-order valence-corrected chi connectivity index (χ2v) is 7.99. The molecule has 2 fully saturated rings. The van der Waals surface area contributed by atoms with Gasteiger partial charge < -0.3 is 15.3 Å². The minimum Gasteiger partial charge on any atom is -0.507 e. The summed E-state index contributed by atoms with van der Waals surface area (Å²) < 4.78 is 14.6. The van der Waals surface area contributed by atoms with E-state index in [4.69, 9.17) is 0 Å². The fraction of sp³-hybridized carbons (Fsp3) is 0.381. The van der Waals surface area contributed by atoms with Crippen LogP contribution < -0.4 is 10.2 Å². The van der Waals surface area contributed by atoms with E-state index >= 15 is 0 Å². The summed E-state index contributed by atoms with van der Waals surface area (Å²) in [4.78, 5) is 2.19. The number of anilines is 1. The van der Waals surface area contributed by atoms with Gasteiger partial charge in [-0.25, -0.2) is 4.39 Å². The predicted octanol–water partition coefficient (Wildman–Crippen LogP) is 3.10. The van der Waals surface area contributed by atoms with Crippen LogP contribution in [-0.2, 0) is 0 Å². The number of fused-ring (bicyclic) bond motifs is 2. The molecule has 0 radical (unpaired) electrons. The molecule has 2 saturated heterocycles. The van der Waals surface area contributed by atoms with Gasteiger partial charge in [0.1, 0.15) is 11.6 Å². The zero-order chi connectivity index (χ0) is 20.0. The van der Waals surface area contributed by atoms with Crippen LogP contribution in [0, 0.1) is 5.82 Å². The number of rotatable bonds is 4. The highest BCUT2D eigenvalue weighted by molar-refractivity contribution is 5.74. The maximum absolute atomic E-state index is 14.6. The molecule has 1 unspecified atom stereocenters. The van der Waals surface area contributed by atoms with Crippen molar-refractivity contribution < 1.29 is 9.50 Å². The smallest absolute Gasteiger partial charge is 0.151 e. The average molecular weight is 394 g/mol. The number of aromatic hydroxyl groups is 1. The van der Waals surface area contributed by atoms with Crippen molar-refractivity contribution >= 4 is 5.82 Å². The monoisotopic (exact) mass is 394 g/mol. The van der Waals surface area contributed by atoms with Gasteiger partial charge >= 0.3 is 0 Å². The predicted molar refractivity (Wildman–Crippen MR) is 108 cm³/mol. The molecule has 3 N–H and O–H groups in total. The summed E-state index contributed by atoms with van der Waals surface area (Å²) in [6.07, 6.45) is 7.80. The summed E-state index contributed by atoms with van der Waals surface area (Å²) in [6.45, 7) is 0. The molecule has 7 nitrogen and oxygen atoms in total. The first kappa shape index (κ1) is 18.1. The van der Waals surface area contributed by atoms with E-state index in [2.05, 4.69) is 37.7 Å². The second kappa shape index (κ2) is 7.11. The molecule has 29 heavy (non-hydrogen) atoms. The molecule has 2 bridgehead atoms. The van der Waals surface area contributed by atoms with Crippen molar-refractivity contribution in [3.8, 4) is 28.1 Å². The van der Waals surface area contributed by atoms with E-state index in [-0.39, 0.29) is 11.3 Å². The highest BCUT2D eigenvalue weighted by Gasteiger charge is 2.35. The molecule has 2 aliphatic rings. The Morgan fingerprint density at radius 2 is 1.90 bits per heavy atom. The topological polar surface area (TPSA) is 90.0 Å². The third kappa shape index (κ3) is 3.33. The number of benzene rings is 1. The summed E-state index contributed by atoms with van der Waals surface area (Å²) in [5.41, 5.74) is 1.60. The van der Waals surface area contributed by atoms with E-state index in [1.807, 2.05) is 6.07 Å². The van der Waals surface area contributed by atoms with Crippen molar-refractivity contribution in [2.75, 3.05) is 11.9 Å². The third-order valence-electron chi connectivity index (χ3n) is 6.18. The molecule has 5 rings (SSSR count). The average Bonchev–Trinajstić information content (AvgIpc) is 3.38. The van der Waals surface area contributed by atoms with Crippen LogP contribution in [0.25, 0.3) is 22.4 Å². The zero-order valence-corrected chi connectivity index (χ0v) is 16.1. The summed E-state index contributed by atoms with van der Waals surface area (Å²) >= 11 is 0.